The molecule has 0 aromatic carbocycles. The van der Waals surface area contributed by atoms with Gasteiger partial charge in [0.1, 0.15) is 5.82 Å². The van der Waals surface area contributed by atoms with E-state index in [4.69, 9.17) is 11.6 Å². The highest BCUT2D eigenvalue weighted by molar-refractivity contribution is 6.28. The molecule has 0 atom stereocenters. The van der Waals surface area contributed by atoms with Gasteiger partial charge >= 0.3 is 0 Å². The lowest BCUT2D eigenvalue weighted by atomic mass is 10.4. The topological polar surface area (TPSA) is 88.5 Å². The van der Waals surface area contributed by atoms with Crippen LogP contribution in [-0.2, 0) is 6.54 Å². The molecule has 2 heterocycles. The van der Waals surface area contributed by atoms with Crippen LogP contribution >= 0.6 is 11.6 Å². The molecule has 0 bridgehead atoms. The lowest BCUT2D eigenvalue weighted by Gasteiger charge is -2.07. The highest BCUT2D eigenvalue weighted by Gasteiger charge is 2.04. The van der Waals surface area contributed by atoms with E-state index in [1.807, 2.05) is 19.9 Å². The van der Waals surface area contributed by atoms with Gasteiger partial charge in [0.25, 0.3) is 0 Å². The quantitative estimate of drug-likeness (QED) is 0.860. The molecule has 0 radical (unpaired) electrons. The second-order valence-corrected chi connectivity index (χ2v) is 4.07. The van der Waals surface area contributed by atoms with Crippen molar-refractivity contribution in [2.75, 3.05) is 17.2 Å². The van der Waals surface area contributed by atoms with Gasteiger partial charge in [-0.05, 0) is 31.5 Å². The monoisotopic (exact) mass is 279 g/mol. The van der Waals surface area contributed by atoms with Crippen molar-refractivity contribution in [3.8, 4) is 0 Å². The van der Waals surface area contributed by atoms with Crippen molar-refractivity contribution in [1.29, 1.82) is 0 Å². The summed E-state index contributed by atoms with van der Waals surface area (Å²) < 4.78 is 0. The zero-order chi connectivity index (χ0) is 13.7. The third-order valence-corrected chi connectivity index (χ3v) is 2.37. The molecule has 0 aliphatic rings. The summed E-state index contributed by atoms with van der Waals surface area (Å²) >= 11 is 5.82. The molecule has 0 saturated heterocycles. The molecule has 0 amide bonds. The molecule has 0 fully saturated rings. The second-order valence-electron chi connectivity index (χ2n) is 3.73. The predicted octanol–water partition coefficient (Wildman–Crippen LogP) is 1.67. The molecule has 0 unspecified atom stereocenters. The Morgan fingerprint density at radius 3 is 2.53 bits per heavy atom. The van der Waals surface area contributed by atoms with Crippen molar-refractivity contribution in [1.82, 2.24) is 24.9 Å². The molecule has 0 saturated carbocycles. The molecule has 0 aliphatic heterocycles. The van der Waals surface area contributed by atoms with Gasteiger partial charge < -0.3 is 10.6 Å². The van der Waals surface area contributed by atoms with Crippen LogP contribution in [0.25, 0.3) is 0 Å². The fraction of sp³-hybridized carbons (Fsp3) is 0.364. The highest BCUT2D eigenvalue weighted by atomic mass is 35.5. The van der Waals surface area contributed by atoms with Gasteiger partial charge in [-0.15, -0.1) is 0 Å². The molecule has 2 aromatic heterocycles. The summed E-state index contributed by atoms with van der Waals surface area (Å²) in [5, 5.41) is 6.18. The summed E-state index contributed by atoms with van der Waals surface area (Å²) in [7, 11) is 0. The van der Waals surface area contributed by atoms with E-state index in [-0.39, 0.29) is 5.28 Å². The van der Waals surface area contributed by atoms with Gasteiger partial charge in [-0.1, -0.05) is 0 Å². The molecule has 2 aromatic rings. The summed E-state index contributed by atoms with van der Waals surface area (Å²) in [5.74, 6) is 1.58. The standard InChI is InChI=1S/C11H14ClN7/c1-3-13-10-17-9(12)18-11(19-10)15-6-8-4-5-14-7(2)16-8/h4-5H,3,6H2,1-2H3,(H2,13,15,17,18,19). The minimum Gasteiger partial charge on any atom is -0.354 e. The highest BCUT2D eigenvalue weighted by Crippen LogP contribution is 2.10. The van der Waals surface area contributed by atoms with E-state index in [1.165, 1.54) is 0 Å². The Bertz CT molecular complexity index is 560. The largest absolute Gasteiger partial charge is 0.354 e. The fourth-order valence-corrected chi connectivity index (χ4v) is 1.60. The first-order chi connectivity index (χ1) is 9.17. The Morgan fingerprint density at radius 2 is 1.84 bits per heavy atom. The first-order valence-corrected chi connectivity index (χ1v) is 6.23. The number of hydrogen-bond acceptors (Lipinski definition) is 7. The van der Waals surface area contributed by atoms with Gasteiger partial charge in [-0.3, -0.25) is 0 Å². The summed E-state index contributed by atoms with van der Waals surface area (Å²) in [4.78, 5) is 20.5. The summed E-state index contributed by atoms with van der Waals surface area (Å²) in [6.45, 7) is 5.00. The van der Waals surface area contributed by atoms with E-state index in [1.54, 1.807) is 6.20 Å². The molecule has 2 rings (SSSR count). The van der Waals surface area contributed by atoms with E-state index in [0.29, 0.717) is 25.0 Å². The smallest absolute Gasteiger partial charge is 0.229 e. The molecule has 19 heavy (non-hydrogen) atoms. The van der Waals surface area contributed by atoms with Crippen molar-refractivity contribution >= 4 is 23.5 Å². The Kier molecular flexibility index (Phi) is 4.40. The van der Waals surface area contributed by atoms with E-state index < -0.39 is 0 Å². The first-order valence-electron chi connectivity index (χ1n) is 5.85. The fourth-order valence-electron chi connectivity index (χ4n) is 1.44. The number of aromatic nitrogens is 5. The summed E-state index contributed by atoms with van der Waals surface area (Å²) in [6, 6.07) is 1.83. The maximum Gasteiger partial charge on any atom is 0.229 e. The van der Waals surface area contributed by atoms with E-state index >= 15 is 0 Å². The van der Waals surface area contributed by atoms with Crippen LogP contribution in [0.2, 0.25) is 5.28 Å². The molecule has 7 nitrogen and oxygen atoms in total. The van der Waals surface area contributed by atoms with Crippen molar-refractivity contribution in [3.63, 3.8) is 0 Å². The molecule has 2 N–H and O–H groups in total. The van der Waals surface area contributed by atoms with Gasteiger partial charge in [0, 0.05) is 12.7 Å². The lowest BCUT2D eigenvalue weighted by Crippen LogP contribution is -2.10. The second kappa shape index (κ2) is 6.24. The number of halogens is 1. The molecular formula is C11H14ClN7. The van der Waals surface area contributed by atoms with Crippen LogP contribution in [0.3, 0.4) is 0 Å². The van der Waals surface area contributed by atoms with Gasteiger partial charge in [0.05, 0.1) is 12.2 Å². The number of nitrogens with one attached hydrogen (secondary N) is 2. The molecular weight excluding hydrogens is 266 g/mol. The zero-order valence-electron chi connectivity index (χ0n) is 10.7. The van der Waals surface area contributed by atoms with Crippen molar-refractivity contribution < 1.29 is 0 Å². The Hall–Kier alpha value is -2.02. The average Bonchev–Trinajstić information content (AvgIpc) is 2.36. The number of nitrogens with zero attached hydrogens (tertiary/aromatic N) is 5. The maximum absolute atomic E-state index is 5.82. The van der Waals surface area contributed by atoms with Crippen LogP contribution in [0.1, 0.15) is 18.4 Å². The molecule has 8 heteroatoms. The Labute approximate surface area is 115 Å². The minimum atomic E-state index is 0.146. The third kappa shape index (κ3) is 3.99. The van der Waals surface area contributed by atoms with E-state index in [0.717, 1.165) is 11.5 Å². The lowest BCUT2D eigenvalue weighted by molar-refractivity contribution is 0.930. The normalized spacial score (nSPS) is 10.3. The van der Waals surface area contributed by atoms with E-state index in [9.17, 15) is 0 Å². The SMILES string of the molecule is CCNc1nc(Cl)nc(NCc2ccnc(C)n2)n1. The number of aryl methyl sites for hydroxylation is 1. The number of hydrogen-bond donors (Lipinski definition) is 2. The van der Waals surface area contributed by atoms with Gasteiger partial charge in [0.2, 0.25) is 17.2 Å². The van der Waals surface area contributed by atoms with Crippen molar-refractivity contribution in [3.05, 3.63) is 29.1 Å². The van der Waals surface area contributed by atoms with E-state index in [2.05, 4.69) is 35.6 Å². The molecule has 100 valence electrons. The van der Waals surface area contributed by atoms with Crippen LogP contribution in [0.5, 0.6) is 0 Å². The Balaban J connectivity index is 2.06. The zero-order valence-corrected chi connectivity index (χ0v) is 11.4. The van der Waals surface area contributed by atoms with Crippen molar-refractivity contribution in [2.24, 2.45) is 0 Å². The molecule has 0 spiro atoms. The predicted molar refractivity (Wildman–Crippen MR) is 73.1 cm³/mol. The summed E-state index contributed by atoms with van der Waals surface area (Å²) in [6.07, 6.45) is 1.71. The van der Waals surface area contributed by atoms with Gasteiger partial charge in [-0.2, -0.15) is 15.0 Å². The number of anilines is 2. The third-order valence-electron chi connectivity index (χ3n) is 2.20. The number of rotatable bonds is 5. The molecule has 0 aliphatic carbocycles. The van der Waals surface area contributed by atoms with Crippen molar-refractivity contribution in [2.45, 2.75) is 20.4 Å². The first kappa shape index (κ1) is 13.4. The minimum absolute atomic E-state index is 0.146. The average molecular weight is 280 g/mol. The maximum atomic E-state index is 5.82. The van der Waals surface area contributed by atoms with Crippen LogP contribution < -0.4 is 10.6 Å². The Morgan fingerprint density at radius 1 is 1.11 bits per heavy atom. The summed E-state index contributed by atoms with van der Waals surface area (Å²) in [5.41, 5.74) is 0.856. The van der Waals surface area contributed by atoms with Crippen LogP contribution in [0.15, 0.2) is 12.3 Å². The van der Waals surface area contributed by atoms with Gasteiger partial charge in [0.15, 0.2) is 0 Å². The van der Waals surface area contributed by atoms with Crippen LogP contribution in [-0.4, -0.2) is 31.5 Å². The van der Waals surface area contributed by atoms with Crippen LogP contribution in [0.4, 0.5) is 11.9 Å². The van der Waals surface area contributed by atoms with Gasteiger partial charge in [-0.25, -0.2) is 9.97 Å². The van der Waals surface area contributed by atoms with Crippen LogP contribution in [0, 0.1) is 6.92 Å².